The number of amides is 2. The largest absolute Gasteiger partial charge is 0.508 e. The van der Waals surface area contributed by atoms with Crippen molar-refractivity contribution in [2.24, 2.45) is 0 Å². The highest BCUT2D eigenvalue weighted by molar-refractivity contribution is 6.06. The van der Waals surface area contributed by atoms with E-state index in [0.717, 1.165) is 22.5 Å². The molecule has 3 rings (SSSR count). The van der Waals surface area contributed by atoms with E-state index in [0.29, 0.717) is 5.69 Å². The normalized spacial score (nSPS) is 15.9. The van der Waals surface area contributed by atoms with E-state index in [1.165, 1.54) is 12.1 Å². The average molecular weight is 325 g/mol. The molecule has 1 atom stereocenters. The highest BCUT2D eigenvalue weighted by Gasteiger charge is 2.27. The Morgan fingerprint density at radius 1 is 1.12 bits per heavy atom. The number of carbonyl (C=O) groups excluding carboxylic acids is 2. The molecule has 0 aromatic heterocycles. The zero-order valence-electron chi connectivity index (χ0n) is 13.5. The molecule has 2 amide bonds. The summed E-state index contributed by atoms with van der Waals surface area (Å²) in [5.74, 6) is -0.379. The Morgan fingerprint density at radius 3 is 2.42 bits per heavy atom. The number of aryl methyl sites for hydroxylation is 2. The SMILES string of the molecule is Cc1cc2c(cc1C)NC(CC(=O)Nc1ccc(O)cc1)C(=O)N2. The first-order valence-corrected chi connectivity index (χ1v) is 7.70. The number of phenols is 1. The number of aromatic hydroxyl groups is 1. The second-order valence-corrected chi connectivity index (χ2v) is 5.97. The number of benzene rings is 2. The molecule has 6 nitrogen and oxygen atoms in total. The van der Waals surface area contributed by atoms with E-state index in [1.807, 2.05) is 26.0 Å². The molecule has 6 heteroatoms. The Bertz CT molecular complexity index is 800. The molecule has 2 aromatic carbocycles. The van der Waals surface area contributed by atoms with Crippen LogP contribution in [0.4, 0.5) is 17.1 Å². The van der Waals surface area contributed by atoms with Crippen LogP contribution in [-0.2, 0) is 9.59 Å². The molecule has 24 heavy (non-hydrogen) atoms. The van der Waals surface area contributed by atoms with E-state index in [1.54, 1.807) is 12.1 Å². The molecule has 2 aromatic rings. The molecular weight excluding hydrogens is 306 g/mol. The predicted molar refractivity (Wildman–Crippen MR) is 93.3 cm³/mol. The van der Waals surface area contributed by atoms with Crippen molar-refractivity contribution in [3.8, 4) is 5.75 Å². The van der Waals surface area contributed by atoms with Crippen LogP contribution < -0.4 is 16.0 Å². The fraction of sp³-hybridized carbons (Fsp3) is 0.222. The molecule has 124 valence electrons. The molecule has 4 N–H and O–H groups in total. The Kier molecular flexibility index (Phi) is 4.12. The van der Waals surface area contributed by atoms with Crippen LogP contribution in [0.1, 0.15) is 17.5 Å². The Morgan fingerprint density at radius 2 is 1.75 bits per heavy atom. The molecule has 0 bridgehead atoms. The van der Waals surface area contributed by atoms with Gasteiger partial charge in [-0.2, -0.15) is 0 Å². The molecule has 0 fully saturated rings. The molecule has 0 saturated carbocycles. The number of hydrogen-bond donors (Lipinski definition) is 4. The Labute approximate surface area is 139 Å². The zero-order chi connectivity index (χ0) is 17.3. The molecule has 0 radical (unpaired) electrons. The lowest BCUT2D eigenvalue weighted by molar-refractivity contribution is -0.122. The first-order valence-electron chi connectivity index (χ1n) is 7.70. The lowest BCUT2D eigenvalue weighted by atomic mass is 10.0. The fourth-order valence-corrected chi connectivity index (χ4v) is 2.60. The third-order valence-corrected chi connectivity index (χ3v) is 4.08. The van der Waals surface area contributed by atoms with Crippen molar-refractivity contribution in [3.05, 3.63) is 47.5 Å². The second kappa shape index (κ2) is 6.23. The number of nitrogens with one attached hydrogen (secondary N) is 3. The van der Waals surface area contributed by atoms with E-state index in [-0.39, 0.29) is 24.0 Å². The van der Waals surface area contributed by atoms with Crippen LogP contribution in [-0.4, -0.2) is 23.0 Å². The van der Waals surface area contributed by atoms with Crippen LogP contribution in [0.2, 0.25) is 0 Å². The van der Waals surface area contributed by atoms with E-state index < -0.39 is 6.04 Å². The van der Waals surface area contributed by atoms with Gasteiger partial charge in [-0.1, -0.05) is 0 Å². The summed E-state index contributed by atoms with van der Waals surface area (Å²) in [5.41, 5.74) is 4.34. The maximum absolute atomic E-state index is 12.2. The summed E-state index contributed by atoms with van der Waals surface area (Å²) >= 11 is 0. The number of phenolic OH excluding ortho intramolecular Hbond substituents is 1. The van der Waals surface area contributed by atoms with E-state index in [4.69, 9.17) is 0 Å². The average Bonchev–Trinajstić information content (AvgIpc) is 2.52. The van der Waals surface area contributed by atoms with Crippen LogP contribution in [0.15, 0.2) is 36.4 Å². The molecule has 1 heterocycles. The Hall–Kier alpha value is -3.02. The van der Waals surface area contributed by atoms with Crippen LogP contribution in [0.5, 0.6) is 5.75 Å². The summed E-state index contributed by atoms with van der Waals surface area (Å²) in [6, 6.07) is 9.44. The van der Waals surface area contributed by atoms with Crippen LogP contribution in [0, 0.1) is 13.8 Å². The standard InChI is InChI=1S/C18H19N3O3/c1-10-7-14-15(8-11(10)2)21-18(24)16(20-14)9-17(23)19-12-3-5-13(22)6-4-12/h3-8,16,20,22H,9H2,1-2H3,(H,19,23)(H,21,24). The van der Waals surface area contributed by atoms with Crippen molar-refractivity contribution < 1.29 is 14.7 Å². The van der Waals surface area contributed by atoms with Gasteiger partial charge >= 0.3 is 0 Å². The van der Waals surface area contributed by atoms with Crippen molar-refractivity contribution in [2.45, 2.75) is 26.3 Å². The molecule has 0 aliphatic carbocycles. The number of carbonyl (C=O) groups is 2. The van der Waals surface area contributed by atoms with Crippen molar-refractivity contribution in [1.29, 1.82) is 0 Å². The third-order valence-electron chi connectivity index (χ3n) is 4.08. The minimum Gasteiger partial charge on any atom is -0.508 e. The summed E-state index contributed by atoms with van der Waals surface area (Å²) in [6.45, 7) is 3.99. The molecule has 1 unspecified atom stereocenters. The topological polar surface area (TPSA) is 90.5 Å². The van der Waals surface area contributed by atoms with Crippen molar-refractivity contribution in [1.82, 2.24) is 0 Å². The van der Waals surface area contributed by atoms with Gasteiger partial charge in [0, 0.05) is 5.69 Å². The second-order valence-electron chi connectivity index (χ2n) is 5.97. The summed E-state index contributed by atoms with van der Waals surface area (Å²) in [7, 11) is 0. The monoisotopic (exact) mass is 325 g/mol. The first-order chi connectivity index (χ1) is 11.4. The minimum absolute atomic E-state index is 0.0130. The zero-order valence-corrected chi connectivity index (χ0v) is 13.5. The molecular formula is C18H19N3O3. The first kappa shape index (κ1) is 15.9. The summed E-state index contributed by atoms with van der Waals surface area (Å²) < 4.78 is 0. The molecule has 0 spiro atoms. The summed E-state index contributed by atoms with van der Waals surface area (Å²) in [6.07, 6.45) is 0.0130. The molecule has 0 saturated heterocycles. The highest BCUT2D eigenvalue weighted by atomic mass is 16.3. The maximum atomic E-state index is 12.2. The fourth-order valence-electron chi connectivity index (χ4n) is 2.60. The third kappa shape index (κ3) is 3.32. The quantitative estimate of drug-likeness (QED) is 0.653. The van der Waals surface area contributed by atoms with Crippen molar-refractivity contribution in [3.63, 3.8) is 0 Å². The number of rotatable bonds is 3. The van der Waals surface area contributed by atoms with Gasteiger partial charge in [0.2, 0.25) is 11.8 Å². The van der Waals surface area contributed by atoms with Gasteiger partial charge in [-0.15, -0.1) is 0 Å². The van der Waals surface area contributed by atoms with E-state index in [2.05, 4.69) is 16.0 Å². The number of fused-ring (bicyclic) bond motifs is 1. The summed E-state index contributed by atoms with van der Waals surface area (Å²) in [5, 5.41) is 17.9. The van der Waals surface area contributed by atoms with Gasteiger partial charge < -0.3 is 21.1 Å². The van der Waals surface area contributed by atoms with E-state index >= 15 is 0 Å². The van der Waals surface area contributed by atoms with Crippen molar-refractivity contribution >= 4 is 28.9 Å². The van der Waals surface area contributed by atoms with E-state index in [9.17, 15) is 14.7 Å². The predicted octanol–water partition coefficient (Wildman–Crippen LogP) is 2.77. The van der Waals surface area contributed by atoms with Gasteiger partial charge in [0.15, 0.2) is 0 Å². The van der Waals surface area contributed by atoms with Crippen LogP contribution >= 0.6 is 0 Å². The molecule has 1 aliphatic heterocycles. The van der Waals surface area contributed by atoms with Gasteiger partial charge in [-0.05, 0) is 61.4 Å². The van der Waals surface area contributed by atoms with Crippen LogP contribution in [0.25, 0.3) is 0 Å². The van der Waals surface area contributed by atoms with Crippen molar-refractivity contribution in [2.75, 3.05) is 16.0 Å². The van der Waals surface area contributed by atoms with Gasteiger partial charge in [0.25, 0.3) is 0 Å². The lowest BCUT2D eigenvalue weighted by Crippen LogP contribution is -2.41. The number of hydrogen-bond acceptors (Lipinski definition) is 4. The van der Waals surface area contributed by atoms with Gasteiger partial charge in [0.1, 0.15) is 11.8 Å². The van der Waals surface area contributed by atoms with Crippen LogP contribution in [0.3, 0.4) is 0 Å². The summed E-state index contributed by atoms with van der Waals surface area (Å²) in [4.78, 5) is 24.3. The van der Waals surface area contributed by atoms with Gasteiger partial charge in [-0.25, -0.2) is 0 Å². The molecule has 1 aliphatic rings. The highest BCUT2D eigenvalue weighted by Crippen LogP contribution is 2.30. The number of anilines is 3. The van der Waals surface area contributed by atoms with Gasteiger partial charge in [-0.3, -0.25) is 9.59 Å². The minimum atomic E-state index is -0.628. The maximum Gasteiger partial charge on any atom is 0.247 e. The smallest absolute Gasteiger partial charge is 0.247 e. The van der Waals surface area contributed by atoms with Gasteiger partial charge in [0.05, 0.1) is 17.8 Å². The lowest BCUT2D eigenvalue weighted by Gasteiger charge is -2.27. The Balaban J connectivity index is 1.68.